The number of carbonyl (C=O) groups is 2. The van der Waals surface area contributed by atoms with E-state index < -0.39 is 0 Å². The van der Waals surface area contributed by atoms with Gasteiger partial charge >= 0.3 is 0 Å². The third kappa shape index (κ3) is 3.09. The van der Waals surface area contributed by atoms with E-state index in [0.29, 0.717) is 27.9 Å². The van der Waals surface area contributed by atoms with E-state index in [2.05, 4.69) is 28.6 Å². The van der Waals surface area contributed by atoms with Crippen molar-refractivity contribution < 1.29 is 9.59 Å². The van der Waals surface area contributed by atoms with Crippen LogP contribution >= 0.6 is 28.6 Å². The van der Waals surface area contributed by atoms with Crippen LogP contribution in [0.1, 0.15) is 20.7 Å². The van der Waals surface area contributed by atoms with Crippen molar-refractivity contribution >= 4 is 40.8 Å². The lowest BCUT2D eigenvalue weighted by Gasteiger charge is -2.16. The Bertz CT molecular complexity index is 409. The molecule has 0 aliphatic heterocycles. The second-order valence-corrected chi connectivity index (χ2v) is 4.61. The molecule has 0 saturated carbocycles. The van der Waals surface area contributed by atoms with Gasteiger partial charge in [-0.25, -0.2) is 0 Å². The number of hydrogen-bond donors (Lipinski definition) is 1. The van der Waals surface area contributed by atoms with Crippen molar-refractivity contribution in [2.75, 3.05) is 19.3 Å². The van der Waals surface area contributed by atoms with E-state index in [9.17, 15) is 9.59 Å². The summed E-state index contributed by atoms with van der Waals surface area (Å²) < 4.78 is 0.632. The zero-order chi connectivity index (χ0) is 12.1. The molecule has 0 radical (unpaired) electrons. The standard InChI is InChI=1S/C11H12BrNO2S/c1-13(4-5-16)11(15)8-2-3-9(7-14)10(12)6-8/h2-3,6-7,16H,4-5H2,1H3. The summed E-state index contributed by atoms with van der Waals surface area (Å²) in [5.41, 5.74) is 1.09. The average molecular weight is 302 g/mol. The van der Waals surface area contributed by atoms with Crippen molar-refractivity contribution in [2.24, 2.45) is 0 Å². The number of rotatable bonds is 4. The lowest BCUT2D eigenvalue weighted by Crippen LogP contribution is -2.28. The molecule has 1 aromatic carbocycles. The Morgan fingerprint density at radius 3 is 2.75 bits per heavy atom. The number of amides is 1. The Balaban J connectivity index is 2.92. The predicted molar refractivity (Wildman–Crippen MR) is 70.3 cm³/mol. The molecule has 0 unspecified atom stereocenters. The van der Waals surface area contributed by atoms with E-state index >= 15 is 0 Å². The third-order valence-electron chi connectivity index (χ3n) is 2.16. The predicted octanol–water partition coefficient (Wildman–Crippen LogP) is 2.26. The lowest BCUT2D eigenvalue weighted by molar-refractivity contribution is 0.0803. The Kier molecular flexibility index (Phi) is 5.02. The van der Waals surface area contributed by atoms with Gasteiger partial charge in [0.2, 0.25) is 0 Å². The minimum Gasteiger partial charge on any atom is -0.341 e. The first-order valence-electron chi connectivity index (χ1n) is 4.71. The first-order chi connectivity index (χ1) is 7.60. The minimum absolute atomic E-state index is 0.0767. The van der Waals surface area contributed by atoms with Crippen molar-refractivity contribution in [3.8, 4) is 0 Å². The second-order valence-electron chi connectivity index (χ2n) is 3.30. The number of thiol groups is 1. The number of hydrogen-bond acceptors (Lipinski definition) is 3. The van der Waals surface area contributed by atoms with Crippen LogP contribution in [-0.4, -0.2) is 36.4 Å². The first kappa shape index (κ1) is 13.3. The maximum Gasteiger partial charge on any atom is 0.253 e. The molecule has 1 amide bonds. The Labute approximate surface area is 108 Å². The first-order valence-corrected chi connectivity index (χ1v) is 6.13. The van der Waals surface area contributed by atoms with Gasteiger partial charge in [0.05, 0.1) is 0 Å². The van der Waals surface area contributed by atoms with Crippen LogP contribution in [0.4, 0.5) is 0 Å². The van der Waals surface area contributed by atoms with Crippen LogP contribution in [0, 0.1) is 0 Å². The molecule has 0 fully saturated rings. The van der Waals surface area contributed by atoms with Gasteiger partial charge in [0.1, 0.15) is 0 Å². The summed E-state index contributed by atoms with van der Waals surface area (Å²) in [5, 5.41) is 0. The lowest BCUT2D eigenvalue weighted by atomic mass is 10.1. The summed E-state index contributed by atoms with van der Waals surface area (Å²) in [6.07, 6.45) is 0.746. The van der Waals surface area contributed by atoms with Crippen molar-refractivity contribution in [3.63, 3.8) is 0 Å². The Morgan fingerprint density at radius 2 is 2.25 bits per heavy atom. The van der Waals surface area contributed by atoms with Crippen LogP contribution in [0.3, 0.4) is 0 Å². The largest absolute Gasteiger partial charge is 0.341 e. The van der Waals surface area contributed by atoms with E-state index in [4.69, 9.17) is 0 Å². The Hall–Kier alpha value is -0.810. The number of halogens is 1. The van der Waals surface area contributed by atoms with Gasteiger partial charge in [-0.3, -0.25) is 9.59 Å². The van der Waals surface area contributed by atoms with Gasteiger partial charge in [-0.05, 0) is 18.2 Å². The molecule has 0 spiro atoms. The molecule has 3 nitrogen and oxygen atoms in total. The summed E-state index contributed by atoms with van der Waals surface area (Å²) in [6, 6.07) is 4.92. The van der Waals surface area contributed by atoms with Crippen LogP contribution in [0.5, 0.6) is 0 Å². The summed E-state index contributed by atoms with van der Waals surface area (Å²) in [7, 11) is 1.72. The van der Waals surface area contributed by atoms with Gasteiger partial charge < -0.3 is 4.90 Å². The molecule has 0 heterocycles. The van der Waals surface area contributed by atoms with E-state index in [0.717, 1.165) is 6.29 Å². The Morgan fingerprint density at radius 1 is 1.56 bits per heavy atom. The fraction of sp³-hybridized carbons (Fsp3) is 0.273. The van der Waals surface area contributed by atoms with Crippen LogP contribution in [0.15, 0.2) is 22.7 Å². The SMILES string of the molecule is CN(CCS)C(=O)c1ccc(C=O)c(Br)c1. The number of aldehydes is 1. The minimum atomic E-state index is -0.0767. The van der Waals surface area contributed by atoms with Crippen LogP contribution in [-0.2, 0) is 0 Å². The number of nitrogens with zero attached hydrogens (tertiary/aromatic N) is 1. The fourth-order valence-corrected chi connectivity index (χ4v) is 2.00. The molecule has 86 valence electrons. The maximum atomic E-state index is 11.9. The molecule has 0 aliphatic carbocycles. The molecule has 16 heavy (non-hydrogen) atoms. The number of benzene rings is 1. The van der Waals surface area contributed by atoms with E-state index in [1.165, 1.54) is 0 Å². The molecule has 0 aromatic heterocycles. The molecular formula is C11H12BrNO2S. The molecule has 1 rings (SSSR count). The van der Waals surface area contributed by atoms with Gasteiger partial charge in [-0.2, -0.15) is 12.6 Å². The smallest absolute Gasteiger partial charge is 0.253 e. The zero-order valence-electron chi connectivity index (χ0n) is 8.81. The summed E-state index contributed by atoms with van der Waals surface area (Å²) in [4.78, 5) is 24.1. The molecule has 0 atom stereocenters. The maximum absolute atomic E-state index is 11.9. The van der Waals surface area contributed by atoms with Crippen molar-refractivity contribution in [2.45, 2.75) is 0 Å². The van der Waals surface area contributed by atoms with E-state index in [-0.39, 0.29) is 5.91 Å². The average Bonchev–Trinajstić information content (AvgIpc) is 2.28. The highest BCUT2D eigenvalue weighted by atomic mass is 79.9. The molecule has 1 aromatic rings. The summed E-state index contributed by atoms with van der Waals surface area (Å²) in [5.74, 6) is 0.544. The normalized spacial score (nSPS) is 9.94. The van der Waals surface area contributed by atoms with Gasteiger partial charge in [0, 0.05) is 34.9 Å². The fourth-order valence-electron chi connectivity index (χ4n) is 1.23. The summed E-state index contributed by atoms with van der Waals surface area (Å²) in [6.45, 7) is 0.592. The monoisotopic (exact) mass is 301 g/mol. The molecule has 5 heteroatoms. The summed E-state index contributed by atoms with van der Waals surface area (Å²) >= 11 is 7.32. The number of carbonyl (C=O) groups excluding carboxylic acids is 2. The van der Waals surface area contributed by atoms with Crippen LogP contribution < -0.4 is 0 Å². The van der Waals surface area contributed by atoms with Crippen molar-refractivity contribution in [3.05, 3.63) is 33.8 Å². The van der Waals surface area contributed by atoms with Crippen LogP contribution in [0.2, 0.25) is 0 Å². The van der Waals surface area contributed by atoms with Gasteiger partial charge in [-0.15, -0.1) is 0 Å². The zero-order valence-corrected chi connectivity index (χ0v) is 11.3. The van der Waals surface area contributed by atoms with Crippen molar-refractivity contribution in [1.82, 2.24) is 4.90 Å². The highest BCUT2D eigenvalue weighted by Crippen LogP contribution is 2.17. The second kappa shape index (κ2) is 6.06. The molecule has 0 bridgehead atoms. The molecular weight excluding hydrogens is 290 g/mol. The van der Waals surface area contributed by atoms with E-state index in [1.807, 2.05) is 0 Å². The molecule has 0 aliphatic rings. The van der Waals surface area contributed by atoms with Gasteiger partial charge in [0.25, 0.3) is 5.91 Å². The quantitative estimate of drug-likeness (QED) is 0.684. The third-order valence-corrected chi connectivity index (χ3v) is 3.04. The topological polar surface area (TPSA) is 37.4 Å². The van der Waals surface area contributed by atoms with Gasteiger partial charge in [0.15, 0.2) is 6.29 Å². The van der Waals surface area contributed by atoms with Gasteiger partial charge in [-0.1, -0.05) is 15.9 Å². The van der Waals surface area contributed by atoms with Crippen LogP contribution in [0.25, 0.3) is 0 Å². The molecule has 0 N–H and O–H groups in total. The van der Waals surface area contributed by atoms with Crippen molar-refractivity contribution in [1.29, 1.82) is 0 Å². The van der Waals surface area contributed by atoms with E-state index in [1.54, 1.807) is 30.1 Å². The molecule has 0 saturated heterocycles. The highest BCUT2D eigenvalue weighted by molar-refractivity contribution is 9.10. The highest BCUT2D eigenvalue weighted by Gasteiger charge is 2.12.